The van der Waals surface area contributed by atoms with E-state index >= 15 is 0 Å². The van der Waals surface area contributed by atoms with E-state index in [1.807, 2.05) is 42.5 Å². The minimum absolute atomic E-state index is 0.0949. The Morgan fingerprint density at radius 2 is 1.42 bits per heavy atom. The highest BCUT2D eigenvalue weighted by Crippen LogP contribution is 2.61. The molecular formula is C22H15FO3. The molecule has 0 amide bonds. The third-order valence-electron chi connectivity index (χ3n) is 5.04. The Balaban J connectivity index is 1.64. The summed E-state index contributed by atoms with van der Waals surface area (Å²) in [6.07, 6.45) is -1.02. The van der Waals surface area contributed by atoms with Crippen LogP contribution in [0.4, 0.5) is 4.39 Å². The van der Waals surface area contributed by atoms with Crippen LogP contribution in [0.1, 0.15) is 33.7 Å². The molecule has 3 unspecified atom stereocenters. The summed E-state index contributed by atoms with van der Waals surface area (Å²) in [7, 11) is 0. The van der Waals surface area contributed by atoms with E-state index in [-0.39, 0.29) is 11.6 Å². The minimum Gasteiger partial charge on any atom is -0.481 e. The van der Waals surface area contributed by atoms with E-state index < -0.39 is 17.8 Å². The van der Waals surface area contributed by atoms with E-state index in [1.54, 1.807) is 24.3 Å². The summed E-state index contributed by atoms with van der Waals surface area (Å²) < 4.78 is 25.5. The number of carbonyl (C=O) groups excluding carboxylic acids is 1. The van der Waals surface area contributed by atoms with Gasteiger partial charge >= 0.3 is 0 Å². The summed E-state index contributed by atoms with van der Waals surface area (Å²) in [5, 5.41) is 0. The number of halogens is 1. The molecule has 0 radical (unpaired) electrons. The van der Waals surface area contributed by atoms with E-state index in [2.05, 4.69) is 0 Å². The van der Waals surface area contributed by atoms with E-state index in [0.717, 1.165) is 11.1 Å². The molecule has 0 N–H and O–H groups in total. The first kappa shape index (κ1) is 15.3. The third-order valence-corrected chi connectivity index (χ3v) is 5.04. The van der Waals surface area contributed by atoms with Gasteiger partial charge in [0.2, 0.25) is 11.4 Å². The first-order valence-corrected chi connectivity index (χ1v) is 8.49. The van der Waals surface area contributed by atoms with Crippen molar-refractivity contribution in [3.63, 3.8) is 0 Å². The van der Waals surface area contributed by atoms with Crippen molar-refractivity contribution in [3.05, 3.63) is 101 Å². The molecule has 1 saturated heterocycles. The van der Waals surface area contributed by atoms with Crippen LogP contribution in [0.25, 0.3) is 0 Å². The lowest BCUT2D eigenvalue weighted by molar-refractivity contribution is 0.0523. The van der Waals surface area contributed by atoms with Gasteiger partial charge in [0.1, 0.15) is 17.7 Å². The molecule has 4 heteroatoms. The number of hydrogen-bond acceptors (Lipinski definition) is 3. The lowest BCUT2D eigenvalue weighted by atomic mass is 9.81. The van der Waals surface area contributed by atoms with Crippen LogP contribution in [0.3, 0.4) is 0 Å². The smallest absolute Gasteiger partial charge is 0.205 e. The first-order valence-electron chi connectivity index (χ1n) is 8.49. The standard InChI is InChI=1S/C22H15FO3/c23-16-12-10-15(11-13-16)21-22(26-21)19(24)17-8-4-5-9-18(17)25-20(22)14-6-2-1-3-7-14/h1-13,20-21H. The second-order valence-electron chi connectivity index (χ2n) is 6.58. The zero-order valence-electron chi connectivity index (χ0n) is 13.8. The van der Waals surface area contributed by atoms with Crippen LogP contribution in [0.2, 0.25) is 0 Å². The summed E-state index contributed by atoms with van der Waals surface area (Å²) in [5.41, 5.74) is 1.04. The van der Waals surface area contributed by atoms with Gasteiger partial charge in [-0.3, -0.25) is 4.79 Å². The van der Waals surface area contributed by atoms with Gasteiger partial charge in [0.05, 0.1) is 5.56 Å². The molecule has 3 aromatic carbocycles. The maximum Gasteiger partial charge on any atom is 0.205 e. The topological polar surface area (TPSA) is 38.8 Å². The van der Waals surface area contributed by atoms with Gasteiger partial charge in [-0.1, -0.05) is 54.6 Å². The normalized spacial score (nSPS) is 26.3. The molecule has 0 bridgehead atoms. The molecule has 0 aromatic heterocycles. The number of Topliss-reactive ketones (excluding diaryl/α,β-unsaturated/α-hetero) is 1. The van der Waals surface area contributed by atoms with Crippen LogP contribution in [0.15, 0.2) is 78.9 Å². The molecule has 2 aliphatic rings. The highest BCUT2D eigenvalue weighted by Gasteiger charge is 2.71. The zero-order chi connectivity index (χ0) is 17.7. The third kappa shape index (κ3) is 2.12. The molecule has 26 heavy (non-hydrogen) atoms. The second-order valence-corrected chi connectivity index (χ2v) is 6.58. The van der Waals surface area contributed by atoms with Crippen molar-refractivity contribution in [2.75, 3.05) is 0 Å². The van der Waals surface area contributed by atoms with Crippen LogP contribution >= 0.6 is 0 Å². The quantitative estimate of drug-likeness (QED) is 0.634. The fourth-order valence-corrected chi connectivity index (χ4v) is 3.73. The largest absolute Gasteiger partial charge is 0.481 e. The van der Waals surface area contributed by atoms with Gasteiger partial charge in [-0.15, -0.1) is 0 Å². The van der Waals surface area contributed by atoms with Crippen molar-refractivity contribution in [1.82, 2.24) is 0 Å². The van der Waals surface area contributed by atoms with Gasteiger partial charge in [-0.05, 0) is 35.4 Å². The number of fused-ring (bicyclic) bond motifs is 1. The summed E-state index contributed by atoms with van der Waals surface area (Å²) in [6.45, 7) is 0. The van der Waals surface area contributed by atoms with Crippen LogP contribution in [-0.2, 0) is 4.74 Å². The highest BCUT2D eigenvalue weighted by molar-refractivity contribution is 6.08. The lowest BCUT2D eigenvalue weighted by Crippen LogP contribution is -2.40. The fraction of sp³-hybridized carbons (Fsp3) is 0.136. The first-order chi connectivity index (χ1) is 12.7. The number of rotatable bonds is 2. The highest BCUT2D eigenvalue weighted by atomic mass is 19.1. The number of ether oxygens (including phenoxy) is 2. The summed E-state index contributed by atoms with van der Waals surface area (Å²) in [6, 6.07) is 22.9. The van der Waals surface area contributed by atoms with Crippen LogP contribution < -0.4 is 4.74 Å². The molecule has 3 nitrogen and oxygen atoms in total. The van der Waals surface area contributed by atoms with Gasteiger partial charge in [-0.2, -0.15) is 0 Å². The molecule has 5 rings (SSSR count). The van der Waals surface area contributed by atoms with Crippen LogP contribution in [0.5, 0.6) is 5.75 Å². The number of benzene rings is 3. The molecule has 2 heterocycles. The molecule has 3 atom stereocenters. The molecule has 1 fully saturated rings. The van der Waals surface area contributed by atoms with Gasteiger partial charge < -0.3 is 9.47 Å². The molecule has 0 aliphatic carbocycles. The Kier molecular flexibility index (Phi) is 3.24. The van der Waals surface area contributed by atoms with Gasteiger partial charge in [0.15, 0.2) is 6.10 Å². The van der Waals surface area contributed by atoms with Crippen molar-refractivity contribution in [2.24, 2.45) is 0 Å². The number of para-hydroxylation sites is 1. The zero-order valence-corrected chi connectivity index (χ0v) is 13.8. The van der Waals surface area contributed by atoms with E-state index in [0.29, 0.717) is 11.3 Å². The van der Waals surface area contributed by atoms with E-state index in [9.17, 15) is 9.18 Å². The van der Waals surface area contributed by atoms with E-state index in [1.165, 1.54) is 12.1 Å². The molecule has 2 aliphatic heterocycles. The molecule has 128 valence electrons. The monoisotopic (exact) mass is 346 g/mol. The Bertz CT molecular complexity index is 984. The number of epoxide rings is 1. The average molecular weight is 346 g/mol. The van der Waals surface area contributed by atoms with Gasteiger partial charge in [-0.25, -0.2) is 4.39 Å². The SMILES string of the molecule is O=C1c2ccccc2OC(c2ccccc2)C12OC2c1ccc(F)cc1. The minimum atomic E-state index is -1.12. The number of ketones is 1. The predicted octanol–water partition coefficient (Wildman–Crippen LogP) is 4.65. The average Bonchev–Trinajstić information content (AvgIpc) is 3.42. The number of hydrogen-bond donors (Lipinski definition) is 0. The maximum absolute atomic E-state index is 13.4. The van der Waals surface area contributed by atoms with Crippen molar-refractivity contribution in [3.8, 4) is 5.75 Å². The second kappa shape index (κ2) is 5.51. The Labute approximate surface area is 150 Å². The van der Waals surface area contributed by atoms with Crippen molar-refractivity contribution < 1.29 is 18.7 Å². The number of carbonyl (C=O) groups is 1. The Morgan fingerprint density at radius 3 is 2.19 bits per heavy atom. The van der Waals surface area contributed by atoms with Gasteiger partial charge in [0.25, 0.3) is 0 Å². The summed E-state index contributed by atoms with van der Waals surface area (Å²) >= 11 is 0. The molecular weight excluding hydrogens is 331 g/mol. The summed E-state index contributed by atoms with van der Waals surface area (Å²) in [4.78, 5) is 13.4. The fourth-order valence-electron chi connectivity index (χ4n) is 3.73. The lowest BCUT2D eigenvalue weighted by Gasteiger charge is -2.31. The maximum atomic E-state index is 13.4. The van der Waals surface area contributed by atoms with Crippen molar-refractivity contribution in [2.45, 2.75) is 17.8 Å². The Morgan fingerprint density at radius 1 is 0.769 bits per heavy atom. The predicted molar refractivity (Wildman–Crippen MR) is 93.5 cm³/mol. The summed E-state index contributed by atoms with van der Waals surface area (Å²) in [5.74, 6) is 0.146. The molecule has 1 spiro atoms. The molecule has 3 aromatic rings. The van der Waals surface area contributed by atoms with Crippen molar-refractivity contribution in [1.29, 1.82) is 0 Å². The van der Waals surface area contributed by atoms with Crippen LogP contribution in [-0.4, -0.2) is 11.4 Å². The Hall–Kier alpha value is -2.98. The van der Waals surface area contributed by atoms with Crippen LogP contribution in [0, 0.1) is 5.82 Å². The van der Waals surface area contributed by atoms with E-state index in [4.69, 9.17) is 9.47 Å². The van der Waals surface area contributed by atoms with Gasteiger partial charge in [0, 0.05) is 0 Å². The molecule has 0 saturated carbocycles. The van der Waals surface area contributed by atoms with Crippen molar-refractivity contribution >= 4 is 5.78 Å².